The third-order valence-corrected chi connectivity index (χ3v) is 5.26. The minimum atomic E-state index is -0.756. The predicted octanol–water partition coefficient (Wildman–Crippen LogP) is 1.99. The Morgan fingerprint density at radius 1 is 1.45 bits per heavy atom. The molecule has 5 nitrogen and oxygen atoms in total. The van der Waals surface area contributed by atoms with Gasteiger partial charge in [-0.25, -0.2) is 4.98 Å². The van der Waals surface area contributed by atoms with Crippen LogP contribution in [-0.2, 0) is 17.8 Å². The van der Waals surface area contributed by atoms with Gasteiger partial charge in [-0.15, -0.1) is 0 Å². The molecule has 0 saturated heterocycles. The smallest absolute Gasteiger partial charge is 0.225 e. The van der Waals surface area contributed by atoms with Gasteiger partial charge in [0.25, 0.3) is 0 Å². The highest BCUT2D eigenvalue weighted by molar-refractivity contribution is 5.77. The second kappa shape index (κ2) is 6.41. The number of fused-ring (bicyclic) bond motifs is 1. The lowest BCUT2D eigenvalue weighted by molar-refractivity contribution is -0.137. The van der Waals surface area contributed by atoms with E-state index in [1.54, 1.807) is 0 Å². The summed E-state index contributed by atoms with van der Waals surface area (Å²) in [5.74, 6) is 1.72. The number of imidazole rings is 1. The van der Waals surface area contributed by atoms with Crippen molar-refractivity contribution in [1.82, 2.24) is 14.5 Å². The lowest BCUT2D eigenvalue weighted by Crippen LogP contribution is -2.41. The summed E-state index contributed by atoms with van der Waals surface area (Å²) in [5.41, 5.74) is -0.756. The molecule has 0 bridgehead atoms. The number of aryl methyl sites for hydroxylation is 1. The largest absolute Gasteiger partial charge is 0.389 e. The van der Waals surface area contributed by atoms with Gasteiger partial charge in [0.15, 0.2) is 0 Å². The third kappa shape index (κ3) is 3.51. The Bertz CT molecular complexity index is 520. The van der Waals surface area contributed by atoms with Crippen molar-refractivity contribution >= 4 is 5.91 Å². The lowest BCUT2D eigenvalue weighted by atomic mass is 9.82. The monoisotopic (exact) mass is 305 g/mol. The number of aliphatic hydroxyl groups is 1. The van der Waals surface area contributed by atoms with Gasteiger partial charge in [0, 0.05) is 39.0 Å². The summed E-state index contributed by atoms with van der Waals surface area (Å²) in [4.78, 5) is 18.6. The molecule has 1 aromatic heterocycles. The fraction of sp³-hybridized carbons (Fsp3) is 0.765. The Balaban J connectivity index is 1.51. The van der Waals surface area contributed by atoms with Crippen molar-refractivity contribution in [3.63, 3.8) is 0 Å². The molecule has 1 saturated carbocycles. The molecule has 1 fully saturated rings. The quantitative estimate of drug-likeness (QED) is 0.925. The van der Waals surface area contributed by atoms with Crippen LogP contribution in [0.25, 0.3) is 0 Å². The fourth-order valence-corrected chi connectivity index (χ4v) is 3.88. The first kappa shape index (κ1) is 15.5. The zero-order chi connectivity index (χ0) is 15.6. The highest BCUT2D eigenvalue weighted by Gasteiger charge is 2.33. The Morgan fingerprint density at radius 3 is 3.00 bits per heavy atom. The third-order valence-electron chi connectivity index (χ3n) is 5.26. The van der Waals surface area contributed by atoms with Crippen molar-refractivity contribution in [2.24, 2.45) is 5.92 Å². The Hall–Kier alpha value is -1.36. The van der Waals surface area contributed by atoms with Crippen molar-refractivity contribution in [3.8, 4) is 0 Å². The molecular weight excluding hydrogens is 278 g/mol. The second-order valence-corrected chi connectivity index (χ2v) is 7.14. The molecule has 5 heteroatoms. The van der Waals surface area contributed by atoms with Crippen LogP contribution in [0.3, 0.4) is 0 Å². The topological polar surface area (TPSA) is 58.4 Å². The molecule has 1 unspecified atom stereocenters. The molecule has 1 atom stereocenters. The maximum atomic E-state index is 12.4. The van der Waals surface area contributed by atoms with Crippen LogP contribution in [0.2, 0.25) is 0 Å². The van der Waals surface area contributed by atoms with Crippen molar-refractivity contribution in [2.75, 3.05) is 13.6 Å². The number of nitrogens with zero attached hydrogens (tertiary/aromatic N) is 3. The molecule has 2 heterocycles. The number of carbonyl (C=O) groups is 1. The minimum Gasteiger partial charge on any atom is -0.389 e. The average molecular weight is 305 g/mol. The summed E-state index contributed by atoms with van der Waals surface area (Å²) in [5, 5.41) is 10.5. The molecular formula is C17H27N3O2. The zero-order valence-electron chi connectivity index (χ0n) is 13.5. The molecule has 3 rings (SSSR count). The van der Waals surface area contributed by atoms with Crippen LogP contribution in [0.4, 0.5) is 0 Å². The lowest BCUT2D eigenvalue weighted by Gasteiger charge is -2.34. The summed E-state index contributed by atoms with van der Waals surface area (Å²) in [6.07, 6.45) is 11.0. The first-order valence-electron chi connectivity index (χ1n) is 8.52. The van der Waals surface area contributed by atoms with Crippen molar-refractivity contribution in [1.29, 1.82) is 0 Å². The average Bonchev–Trinajstić information content (AvgIpc) is 2.95. The van der Waals surface area contributed by atoms with Crippen molar-refractivity contribution < 1.29 is 9.90 Å². The van der Waals surface area contributed by atoms with E-state index in [0.29, 0.717) is 5.92 Å². The zero-order valence-corrected chi connectivity index (χ0v) is 13.5. The maximum Gasteiger partial charge on any atom is 0.225 e. The number of rotatable bonds is 4. The van der Waals surface area contributed by atoms with Gasteiger partial charge in [-0.3, -0.25) is 4.79 Å². The first-order chi connectivity index (χ1) is 10.6. The number of amides is 1. The van der Waals surface area contributed by atoms with Crippen LogP contribution in [0.15, 0.2) is 12.4 Å². The van der Waals surface area contributed by atoms with E-state index in [4.69, 9.17) is 0 Å². The molecule has 0 spiro atoms. The summed E-state index contributed by atoms with van der Waals surface area (Å²) in [6, 6.07) is 0. The minimum absolute atomic E-state index is 0.0841. The van der Waals surface area contributed by atoms with Crippen LogP contribution in [-0.4, -0.2) is 44.7 Å². The van der Waals surface area contributed by atoms with E-state index in [2.05, 4.69) is 9.55 Å². The van der Waals surface area contributed by atoms with Gasteiger partial charge in [-0.2, -0.15) is 0 Å². The number of hydrogen-bond donors (Lipinski definition) is 1. The number of hydrogen-bond acceptors (Lipinski definition) is 3. The van der Waals surface area contributed by atoms with Gasteiger partial charge in [0.1, 0.15) is 5.82 Å². The molecule has 0 radical (unpaired) electrons. The van der Waals surface area contributed by atoms with E-state index in [0.717, 1.165) is 57.4 Å². The highest BCUT2D eigenvalue weighted by Crippen LogP contribution is 2.31. The van der Waals surface area contributed by atoms with Crippen LogP contribution >= 0.6 is 0 Å². The molecule has 2 aliphatic rings. The number of carbonyl (C=O) groups excluding carboxylic acids is 1. The SMILES string of the molecule is CN(CC1CCc2nccn2C1)C(=O)CC1(O)CCCCC1. The number of aromatic nitrogens is 2. The standard InChI is InChI=1S/C17H27N3O2/c1-19(16(21)11-17(22)7-3-2-4-8-17)12-14-5-6-15-18-9-10-20(15)13-14/h9-10,14,22H,2-8,11-13H2,1H3. The van der Waals surface area contributed by atoms with E-state index in [9.17, 15) is 9.90 Å². The molecule has 22 heavy (non-hydrogen) atoms. The van der Waals surface area contributed by atoms with E-state index in [1.807, 2.05) is 24.3 Å². The summed E-state index contributed by atoms with van der Waals surface area (Å²) in [7, 11) is 1.87. The molecule has 1 amide bonds. The van der Waals surface area contributed by atoms with Gasteiger partial charge >= 0.3 is 0 Å². The molecule has 1 aliphatic carbocycles. The molecule has 0 aromatic carbocycles. The molecule has 1 N–H and O–H groups in total. The first-order valence-corrected chi connectivity index (χ1v) is 8.52. The second-order valence-electron chi connectivity index (χ2n) is 7.14. The molecule has 1 aromatic rings. The van der Waals surface area contributed by atoms with Gasteiger partial charge in [0.2, 0.25) is 5.91 Å². The summed E-state index contributed by atoms with van der Waals surface area (Å²) in [6.45, 7) is 1.71. The van der Waals surface area contributed by atoms with E-state index >= 15 is 0 Å². The van der Waals surface area contributed by atoms with Gasteiger partial charge < -0.3 is 14.6 Å². The Labute approximate surface area is 132 Å². The van der Waals surface area contributed by atoms with Crippen molar-refractivity contribution in [2.45, 2.75) is 63.5 Å². The van der Waals surface area contributed by atoms with Crippen LogP contribution < -0.4 is 0 Å². The summed E-state index contributed by atoms with van der Waals surface area (Å²) < 4.78 is 2.20. The van der Waals surface area contributed by atoms with Gasteiger partial charge in [-0.1, -0.05) is 19.3 Å². The van der Waals surface area contributed by atoms with Crippen molar-refractivity contribution in [3.05, 3.63) is 18.2 Å². The Kier molecular flexibility index (Phi) is 4.52. The van der Waals surface area contributed by atoms with E-state index < -0.39 is 5.60 Å². The summed E-state index contributed by atoms with van der Waals surface area (Å²) >= 11 is 0. The van der Waals surface area contributed by atoms with E-state index in [1.165, 1.54) is 6.42 Å². The Morgan fingerprint density at radius 2 is 2.23 bits per heavy atom. The molecule has 122 valence electrons. The molecule has 1 aliphatic heterocycles. The van der Waals surface area contributed by atoms with Gasteiger partial charge in [-0.05, 0) is 25.2 Å². The fourth-order valence-electron chi connectivity index (χ4n) is 3.88. The van der Waals surface area contributed by atoms with Crippen LogP contribution in [0.5, 0.6) is 0 Å². The maximum absolute atomic E-state index is 12.4. The van der Waals surface area contributed by atoms with Gasteiger partial charge in [0.05, 0.1) is 12.0 Å². The highest BCUT2D eigenvalue weighted by atomic mass is 16.3. The normalized spacial score (nSPS) is 23.8. The van der Waals surface area contributed by atoms with Crippen LogP contribution in [0.1, 0.15) is 50.8 Å². The van der Waals surface area contributed by atoms with E-state index in [-0.39, 0.29) is 12.3 Å². The van der Waals surface area contributed by atoms with Crippen LogP contribution in [0, 0.1) is 5.92 Å². The predicted molar refractivity (Wildman–Crippen MR) is 84.3 cm³/mol.